The van der Waals surface area contributed by atoms with Crippen LogP contribution >= 0.6 is 11.6 Å². The van der Waals surface area contributed by atoms with E-state index in [0.29, 0.717) is 10.7 Å². The van der Waals surface area contributed by atoms with Crippen LogP contribution in [0.2, 0.25) is 5.02 Å². The first kappa shape index (κ1) is 11.3. The van der Waals surface area contributed by atoms with Gasteiger partial charge in [0.1, 0.15) is 6.61 Å². The van der Waals surface area contributed by atoms with Gasteiger partial charge in [0.2, 0.25) is 0 Å². The Morgan fingerprint density at radius 2 is 2.40 bits per heavy atom. The van der Waals surface area contributed by atoms with E-state index in [9.17, 15) is 4.79 Å². The Morgan fingerprint density at radius 1 is 1.60 bits per heavy atom. The molecule has 0 fully saturated rings. The normalized spacial score (nSPS) is 9.07. The number of nitriles is 1. The van der Waals surface area contributed by atoms with Crippen molar-refractivity contribution in [1.29, 1.82) is 5.26 Å². The van der Waals surface area contributed by atoms with Crippen LogP contribution in [-0.4, -0.2) is 12.7 Å². The Hall–Kier alpha value is -1.73. The van der Waals surface area contributed by atoms with Gasteiger partial charge < -0.3 is 4.74 Å². The number of halogens is 1. The quantitative estimate of drug-likeness (QED) is 0.803. The molecule has 0 aromatic heterocycles. The molecule has 0 aliphatic rings. The maximum atomic E-state index is 11.1. The fraction of sp³-hybridized carbons (Fsp3) is 0.200. The number of benzene rings is 1. The zero-order chi connectivity index (χ0) is 11.1. The van der Waals surface area contributed by atoms with Crippen LogP contribution in [0.1, 0.15) is 6.42 Å². The fourth-order valence-electron chi connectivity index (χ4n) is 0.910. The summed E-state index contributed by atoms with van der Waals surface area (Å²) in [6.45, 7) is 0.0862. The molecular formula is C10H9ClN2O2. The molecule has 0 saturated heterocycles. The second kappa shape index (κ2) is 5.89. The molecule has 1 N–H and O–H groups in total. The largest absolute Gasteiger partial charge is 0.448 e. The molecular weight excluding hydrogens is 216 g/mol. The number of amides is 1. The molecule has 1 aromatic carbocycles. The van der Waals surface area contributed by atoms with Crippen LogP contribution in [0.15, 0.2) is 24.3 Å². The molecule has 0 aliphatic heterocycles. The average Bonchev–Trinajstić information content (AvgIpc) is 2.18. The standard InChI is InChI=1S/C10H9ClN2O2/c11-8-3-1-4-9(7-8)13-10(14)15-6-2-5-12/h1,3-4,7H,2,6H2,(H,13,14). The molecule has 0 unspecified atom stereocenters. The van der Waals surface area contributed by atoms with Crippen molar-refractivity contribution in [2.75, 3.05) is 11.9 Å². The van der Waals surface area contributed by atoms with E-state index in [2.05, 4.69) is 5.32 Å². The van der Waals surface area contributed by atoms with Gasteiger partial charge in [0.15, 0.2) is 0 Å². The molecule has 0 saturated carbocycles. The molecule has 4 nitrogen and oxygen atoms in total. The van der Waals surface area contributed by atoms with Gasteiger partial charge in [-0.15, -0.1) is 0 Å². The van der Waals surface area contributed by atoms with Crippen molar-refractivity contribution >= 4 is 23.4 Å². The zero-order valence-electron chi connectivity index (χ0n) is 7.87. The summed E-state index contributed by atoms with van der Waals surface area (Å²) in [4.78, 5) is 11.1. The second-order valence-electron chi connectivity index (χ2n) is 2.68. The Bertz CT molecular complexity index is 387. The van der Waals surface area contributed by atoms with Crippen molar-refractivity contribution in [3.05, 3.63) is 29.3 Å². The highest BCUT2D eigenvalue weighted by Gasteiger charge is 2.02. The summed E-state index contributed by atoms with van der Waals surface area (Å²) < 4.78 is 4.71. The summed E-state index contributed by atoms with van der Waals surface area (Å²) in [5.41, 5.74) is 0.560. The molecule has 1 aromatic rings. The monoisotopic (exact) mass is 224 g/mol. The molecule has 0 heterocycles. The van der Waals surface area contributed by atoms with Crippen LogP contribution in [0.5, 0.6) is 0 Å². The van der Waals surface area contributed by atoms with Crippen LogP contribution in [-0.2, 0) is 4.74 Å². The number of carbonyl (C=O) groups is 1. The highest BCUT2D eigenvalue weighted by molar-refractivity contribution is 6.30. The maximum Gasteiger partial charge on any atom is 0.411 e. The van der Waals surface area contributed by atoms with Gasteiger partial charge in [0, 0.05) is 10.7 Å². The van der Waals surface area contributed by atoms with E-state index in [1.54, 1.807) is 24.3 Å². The number of hydrogen-bond donors (Lipinski definition) is 1. The van der Waals surface area contributed by atoms with E-state index in [1.165, 1.54) is 0 Å². The molecule has 0 atom stereocenters. The number of nitrogens with zero attached hydrogens (tertiary/aromatic N) is 1. The minimum absolute atomic E-state index is 0.0862. The number of hydrogen-bond acceptors (Lipinski definition) is 3. The Morgan fingerprint density at radius 3 is 3.07 bits per heavy atom. The van der Waals surface area contributed by atoms with Gasteiger partial charge in [-0.3, -0.25) is 5.32 Å². The summed E-state index contributed by atoms with van der Waals surface area (Å²) in [6.07, 6.45) is -0.407. The molecule has 0 radical (unpaired) electrons. The third kappa shape index (κ3) is 4.34. The lowest BCUT2D eigenvalue weighted by Gasteiger charge is -2.05. The van der Waals surface area contributed by atoms with E-state index in [0.717, 1.165) is 0 Å². The van der Waals surface area contributed by atoms with Crippen molar-refractivity contribution in [1.82, 2.24) is 0 Å². The van der Waals surface area contributed by atoms with Gasteiger partial charge in [-0.2, -0.15) is 5.26 Å². The van der Waals surface area contributed by atoms with Gasteiger partial charge in [0.05, 0.1) is 12.5 Å². The SMILES string of the molecule is N#CCCOC(=O)Nc1cccc(Cl)c1. The number of carbonyl (C=O) groups excluding carboxylic acids is 1. The average molecular weight is 225 g/mol. The Kier molecular flexibility index (Phi) is 4.45. The first-order chi connectivity index (χ1) is 7.22. The van der Waals surface area contributed by atoms with E-state index in [-0.39, 0.29) is 13.0 Å². The molecule has 15 heavy (non-hydrogen) atoms. The minimum Gasteiger partial charge on any atom is -0.448 e. The summed E-state index contributed by atoms with van der Waals surface area (Å²) in [5, 5.41) is 11.2. The number of rotatable bonds is 3. The van der Waals surface area contributed by atoms with E-state index < -0.39 is 6.09 Å². The third-order valence-corrected chi connectivity index (χ3v) is 1.75. The highest BCUT2D eigenvalue weighted by atomic mass is 35.5. The smallest absolute Gasteiger partial charge is 0.411 e. The Labute approximate surface area is 92.4 Å². The van der Waals surface area contributed by atoms with E-state index >= 15 is 0 Å². The summed E-state index contributed by atoms with van der Waals surface area (Å²) in [6, 6.07) is 8.58. The number of ether oxygens (including phenoxy) is 1. The number of anilines is 1. The van der Waals surface area contributed by atoms with Crippen molar-refractivity contribution in [2.45, 2.75) is 6.42 Å². The molecule has 5 heteroatoms. The molecule has 1 amide bonds. The zero-order valence-corrected chi connectivity index (χ0v) is 8.62. The van der Waals surface area contributed by atoms with Crippen molar-refractivity contribution in [2.24, 2.45) is 0 Å². The van der Waals surface area contributed by atoms with Gasteiger partial charge in [0.25, 0.3) is 0 Å². The van der Waals surface area contributed by atoms with Gasteiger partial charge in [-0.25, -0.2) is 4.79 Å². The first-order valence-corrected chi connectivity index (χ1v) is 4.66. The van der Waals surface area contributed by atoms with Gasteiger partial charge in [-0.1, -0.05) is 17.7 Å². The van der Waals surface area contributed by atoms with Crippen molar-refractivity contribution < 1.29 is 9.53 Å². The molecule has 0 aliphatic carbocycles. The highest BCUT2D eigenvalue weighted by Crippen LogP contribution is 2.14. The molecule has 1 rings (SSSR count). The fourth-order valence-corrected chi connectivity index (χ4v) is 1.10. The van der Waals surface area contributed by atoms with Crippen LogP contribution in [0.4, 0.5) is 10.5 Å². The van der Waals surface area contributed by atoms with E-state index in [1.807, 2.05) is 6.07 Å². The minimum atomic E-state index is -0.590. The lowest BCUT2D eigenvalue weighted by Crippen LogP contribution is -2.14. The topological polar surface area (TPSA) is 62.1 Å². The van der Waals surface area contributed by atoms with Crippen LogP contribution in [0, 0.1) is 11.3 Å². The summed E-state index contributed by atoms with van der Waals surface area (Å²) in [7, 11) is 0. The molecule has 78 valence electrons. The maximum absolute atomic E-state index is 11.1. The van der Waals surface area contributed by atoms with Gasteiger partial charge >= 0.3 is 6.09 Å². The van der Waals surface area contributed by atoms with Crippen LogP contribution < -0.4 is 5.32 Å². The number of nitrogens with one attached hydrogen (secondary N) is 1. The van der Waals surface area contributed by atoms with Crippen LogP contribution in [0.25, 0.3) is 0 Å². The Balaban J connectivity index is 2.42. The summed E-state index contributed by atoms with van der Waals surface area (Å²) in [5.74, 6) is 0. The molecule has 0 bridgehead atoms. The predicted octanol–water partition coefficient (Wildman–Crippen LogP) is 2.80. The van der Waals surface area contributed by atoms with Crippen molar-refractivity contribution in [3.63, 3.8) is 0 Å². The van der Waals surface area contributed by atoms with Gasteiger partial charge in [-0.05, 0) is 18.2 Å². The molecule has 0 spiro atoms. The van der Waals surface area contributed by atoms with E-state index in [4.69, 9.17) is 21.6 Å². The second-order valence-corrected chi connectivity index (χ2v) is 3.12. The van der Waals surface area contributed by atoms with Crippen LogP contribution in [0.3, 0.4) is 0 Å². The first-order valence-electron chi connectivity index (χ1n) is 4.28. The van der Waals surface area contributed by atoms with Crippen molar-refractivity contribution in [3.8, 4) is 6.07 Å². The summed E-state index contributed by atoms with van der Waals surface area (Å²) >= 11 is 5.72. The predicted molar refractivity (Wildman–Crippen MR) is 56.7 cm³/mol. The third-order valence-electron chi connectivity index (χ3n) is 1.52. The lowest BCUT2D eigenvalue weighted by atomic mass is 10.3. The lowest BCUT2D eigenvalue weighted by molar-refractivity contribution is 0.164.